The summed E-state index contributed by atoms with van der Waals surface area (Å²) in [6.07, 6.45) is 8.76. The molecule has 1 N–H and O–H groups in total. The number of hydrogen-bond acceptors (Lipinski definition) is 3. The first kappa shape index (κ1) is 17.6. The average molecular weight is 354 g/mol. The molecule has 0 heterocycles. The summed E-state index contributed by atoms with van der Waals surface area (Å²) >= 11 is 0. The lowest BCUT2D eigenvalue weighted by Gasteiger charge is -2.64. The maximum absolute atomic E-state index is 13.1. The molecule has 4 heteroatoms. The molecular weight excluding hydrogens is 322 g/mol. The Kier molecular flexibility index (Phi) is 3.94. The molecule has 4 aliphatic carbocycles. The van der Waals surface area contributed by atoms with Crippen LogP contribution in [-0.4, -0.2) is 26.2 Å². The van der Waals surface area contributed by atoms with Gasteiger partial charge in [-0.05, 0) is 73.0 Å². The Morgan fingerprint density at radius 3 is 2.23 bits per heavy atom. The van der Waals surface area contributed by atoms with Gasteiger partial charge >= 0.3 is 0 Å². The van der Waals surface area contributed by atoms with E-state index in [1.54, 1.807) is 6.21 Å². The monoisotopic (exact) mass is 353 g/mol. The van der Waals surface area contributed by atoms with Crippen molar-refractivity contribution in [2.24, 2.45) is 27.3 Å². The van der Waals surface area contributed by atoms with Gasteiger partial charge in [-0.1, -0.05) is 26.0 Å². The summed E-state index contributed by atoms with van der Waals surface area (Å²) in [5.41, 5.74) is 5.52. The molecule has 4 aliphatic rings. The van der Waals surface area contributed by atoms with E-state index < -0.39 is 0 Å². The van der Waals surface area contributed by atoms with Gasteiger partial charge < -0.3 is 4.90 Å². The Morgan fingerprint density at radius 2 is 1.69 bits per heavy atom. The molecule has 4 bridgehead atoms. The van der Waals surface area contributed by atoms with E-state index in [1.807, 2.05) is 26.2 Å². The maximum atomic E-state index is 13.1. The van der Waals surface area contributed by atoms with E-state index in [9.17, 15) is 4.79 Å². The molecule has 0 spiro atoms. The molecule has 4 nitrogen and oxygen atoms in total. The second-order valence-corrected chi connectivity index (χ2v) is 10.1. The van der Waals surface area contributed by atoms with Crippen LogP contribution < -0.4 is 10.3 Å². The van der Waals surface area contributed by atoms with Crippen molar-refractivity contribution >= 4 is 17.8 Å². The summed E-state index contributed by atoms with van der Waals surface area (Å²) in [5, 5.41) is 4.28. The molecule has 4 saturated carbocycles. The Bertz CT molecular complexity index is 718. The highest BCUT2D eigenvalue weighted by atomic mass is 16.2. The Morgan fingerprint density at radius 1 is 1.08 bits per heavy atom. The smallest absolute Gasteiger partial charge is 0.246 e. The van der Waals surface area contributed by atoms with Gasteiger partial charge in [-0.2, -0.15) is 5.10 Å². The van der Waals surface area contributed by atoms with Crippen molar-refractivity contribution in [3.8, 4) is 0 Å². The van der Waals surface area contributed by atoms with Gasteiger partial charge in [-0.3, -0.25) is 4.79 Å². The third kappa shape index (κ3) is 3.04. The Balaban J connectivity index is 1.45. The highest BCUT2D eigenvalue weighted by molar-refractivity contribution is 5.86. The predicted molar refractivity (Wildman–Crippen MR) is 106 cm³/mol. The summed E-state index contributed by atoms with van der Waals surface area (Å²) in [4.78, 5) is 15.1. The fourth-order valence-electron chi connectivity index (χ4n) is 6.84. The van der Waals surface area contributed by atoms with Crippen molar-refractivity contribution in [1.82, 2.24) is 5.43 Å². The van der Waals surface area contributed by atoms with Crippen LogP contribution in [0.5, 0.6) is 0 Å². The summed E-state index contributed by atoms with van der Waals surface area (Å²) in [5.74, 6) is 0.856. The van der Waals surface area contributed by atoms with Gasteiger partial charge in [0.15, 0.2) is 0 Å². The normalized spacial score (nSPS) is 37.9. The van der Waals surface area contributed by atoms with E-state index in [2.05, 4.69) is 41.4 Å². The molecule has 4 atom stereocenters. The topological polar surface area (TPSA) is 44.7 Å². The lowest BCUT2D eigenvalue weighted by atomic mass is 9.40. The molecule has 0 aliphatic heterocycles. The molecule has 0 saturated heterocycles. The Labute approximate surface area is 157 Å². The number of benzene rings is 1. The van der Waals surface area contributed by atoms with Gasteiger partial charge in [0.2, 0.25) is 5.91 Å². The van der Waals surface area contributed by atoms with Gasteiger partial charge in [0.25, 0.3) is 0 Å². The van der Waals surface area contributed by atoms with Crippen LogP contribution in [0.4, 0.5) is 5.69 Å². The molecule has 140 valence electrons. The molecule has 0 radical (unpaired) electrons. The molecule has 0 aromatic heterocycles. The summed E-state index contributed by atoms with van der Waals surface area (Å²) in [7, 11) is 4.05. The van der Waals surface area contributed by atoms with Gasteiger partial charge in [-0.15, -0.1) is 0 Å². The number of nitrogens with zero attached hydrogens (tertiary/aromatic N) is 2. The van der Waals surface area contributed by atoms with Crippen LogP contribution in [0.15, 0.2) is 29.4 Å². The van der Waals surface area contributed by atoms with Crippen LogP contribution in [-0.2, 0) is 4.79 Å². The number of anilines is 1. The molecule has 1 amide bonds. The standard InChI is InChI=1S/C22H31N3O/c1-20-9-17-10-21(2,13-20)15-22(11-17,14-20)19(26)24-23-12-16-5-7-18(8-6-16)25(3)4/h5-8,12,17H,9-11,13-15H2,1-4H3,(H,24,26)/t17?,20-,21+,22?. The van der Waals surface area contributed by atoms with Crippen molar-refractivity contribution in [3.05, 3.63) is 29.8 Å². The SMILES string of the molecule is CN(C)c1ccc(C=NNC(=O)C23CC4C[C@@](C)(C2)C[C@](C)(C4)C3)cc1. The average Bonchev–Trinajstić information content (AvgIpc) is 2.51. The van der Waals surface area contributed by atoms with Crippen LogP contribution >= 0.6 is 0 Å². The summed E-state index contributed by atoms with van der Waals surface area (Å²) in [6.45, 7) is 4.79. The van der Waals surface area contributed by atoms with Gasteiger partial charge in [0.05, 0.1) is 11.6 Å². The molecule has 1 aromatic rings. The zero-order chi connectivity index (χ0) is 18.6. The van der Waals surface area contributed by atoms with E-state index in [0.717, 1.165) is 36.4 Å². The second-order valence-electron chi connectivity index (χ2n) is 10.1. The van der Waals surface area contributed by atoms with Crippen molar-refractivity contribution < 1.29 is 4.79 Å². The number of carbonyl (C=O) groups is 1. The number of rotatable bonds is 4. The highest BCUT2D eigenvalue weighted by Gasteiger charge is 2.62. The number of hydrazone groups is 1. The minimum absolute atomic E-state index is 0.139. The van der Waals surface area contributed by atoms with E-state index in [-0.39, 0.29) is 11.3 Å². The summed E-state index contributed by atoms with van der Waals surface area (Å²) < 4.78 is 0. The fourth-order valence-corrected chi connectivity index (χ4v) is 6.84. The molecule has 2 unspecified atom stereocenters. The predicted octanol–water partition coefficient (Wildman–Crippen LogP) is 4.20. The minimum atomic E-state index is -0.199. The van der Waals surface area contributed by atoms with Crippen molar-refractivity contribution in [1.29, 1.82) is 0 Å². The van der Waals surface area contributed by atoms with Crippen LogP contribution in [0.3, 0.4) is 0 Å². The highest BCUT2D eigenvalue weighted by Crippen LogP contribution is 2.69. The maximum Gasteiger partial charge on any atom is 0.246 e. The lowest BCUT2D eigenvalue weighted by molar-refractivity contribution is -0.170. The third-order valence-electron chi connectivity index (χ3n) is 6.90. The van der Waals surface area contributed by atoms with E-state index >= 15 is 0 Å². The van der Waals surface area contributed by atoms with Crippen molar-refractivity contribution in [2.75, 3.05) is 19.0 Å². The summed E-state index contributed by atoms with van der Waals surface area (Å²) in [6, 6.07) is 8.17. The number of nitrogens with one attached hydrogen (secondary N) is 1. The first-order valence-electron chi connectivity index (χ1n) is 9.82. The van der Waals surface area contributed by atoms with E-state index in [1.165, 1.54) is 19.3 Å². The number of carbonyl (C=O) groups excluding carboxylic acids is 1. The van der Waals surface area contributed by atoms with Crippen LogP contribution in [0.25, 0.3) is 0 Å². The van der Waals surface area contributed by atoms with E-state index in [0.29, 0.717) is 10.8 Å². The van der Waals surface area contributed by atoms with Crippen molar-refractivity contribution in [2.45, 2.75) is 52.4 Å². The minimum Gasteiger partial charge on any atom is -0.378 e. The van der Waals surface area contributed by atoms with Crippen molar-refractivity contribution in [3.63, 3.8) is 0 Å². The molecular formula is C22H31N3O. The Hall–Kier alpha value is -1.84. The zero-order valence-electron chi connectivity index (χ0n) is 16.5. The van der Waals surface area contributed by atoms with Gasteiger partial charge in [0.1, 0.15) is 0 Å². The largest absolute Gasteiger partial charge is 0.378 e. The lowest BCUT2D eigenvalue weighted by Crippen LogP contribution is -2.59. The molecule has 26 heavy (non-hydrogen) atoms. The first-order chi connectivity index (χ1) is 12.2. The first-order valence-corrected chi connectivity index (χ1v) is 9.82. The van der Waals surface area contributed by atoms with Gasteiger partial charge in [0, 0.05) is 19.8 Å². The quantitative estimate of drug-likeness (QED) is 0.651. The van der Waals surface area contributed by atoms with Crippen LogP contribution in [0.1, 0.15) is 57.9 Å². The zero-order valence-corrected chi connectivity index (χ0v) is 16.5. The van der Waals surface area contributed by atoms with Gasteiger partial charge in [-0.25, -0.2) is 5.43 Å². The van der Waals surface area contributed by atoms with Crippen LogP contribution in [0, 0.1) is 22.2 Å². The number of amides is 1. The molecule has 1 aromatic carbocycles. The third-order valence-corrected chi connectivity index (χ3v) is 6.90. The molecule has 5 rings (SSSR count). The number of hydrogen-bond donors (Lipinski definition) is 1. The van der Waals surface area contributed by atoms with E-state index in [4.69, 9.17) is 0 Å². The van der Waals surface area contributed by atoms with Crippen LogP contribution in [0.2, 0.25) is 0 Å². The second kappa shape index (κ2) is 5.83. The fraction of sp³-hybridized carbons (Fsp3) is 0.636. The molecule has 4 fully saturated rings.